The van der Waals surface area contributed by atoms with Gasteiger partial charge in [0.1, 0.15) is 12.2 Å². The van der Waals surface area contributed by atoms with Gasteiger partial charge in [-0.3, -0.25) is 5.10 Å². The third-order valence-corrected chi connectivity index (χ3v) is 2.58. The van der Waals surface area contributed by atoms with E-state index in [1.54, 1.807) is 0 Å². The quantitative estimate of drug-likeness (QED) is 0.681. The molecule has 4 N–H and O–H groups in total. The van der Waals surface area contributed by atoms with Gasteiger partial charge in [-0.25, -0.2) is 14.6 Å². The molecule has 0 aliphatic carbocycles. The van der Waals surface area contributed by atoms with E-state index in [2.05, 4.69) is 25.8 Å². The highest BCUT2D eigenvalue weighted by Crippen LogP contribution is 2.20. The number of rotatable bonds is 4. The van der Waals surface area contributed by atoms with Crippen LogP contribution in [0.4, 0.5) is 10.5 Å². The summed E-state index contributed by atoms with van der Waals surface area (Å²) in [4.78, 5) is 26.5. The van der Waals surface area contributed by atoms with Gasteiger partial charge in [-0.1, -0.05) is 11.6 Å². The summed E-state index contributed by atoms with van der Waals surface area (Å²) >= 11 is 5.72. The molecule has 0 saturated carbocycles. The predicted octanol–water partition coefficient (Wildman–Crippen LogP) is 1.48. The van der Waals surface area contributed by atoms with Crippen LogP contribution in [0.15, 0.2) is 24.5 Å². The van der Waals surface area contributed by atoms with Gasteiger partial charge in [0.15, 0.2) is 0 Å². The first kappa shape index (κ1) is 13.8. The van der Waals surface area contributed by atoms with Gasteiger partial charge < -0.3 is 15.7 Å². The van der Waals surface area contributed by atoms with E-state index in [1.165, 1.54) is 24.5 Å². The molecule has 20 heavy (non-hydrogen) atoms. The Labute approximate surface area is 118 Å². The molecule has 0 aliphatic heterocycles. The van der Waals surface area contributed by atoms with Crippen LogP contribution in [0.2, 0.25) is 5.02 Å². The maximum Gasteiger partial charge on any atom is 0.337 e. The van der Waals surface area contributed by atoms with Crippen LogP contribution in [0.1, 0.15) is 16.2 Å². The second-order valence-electron chi connectivity index (χ2n) is 3.73. The van der Waals surface area contributed by atoms with E-state index in [9.17, 15) is 9.59 Å². The summed E-state index contributed by atoms with van der Waals surface area (Å²) in [5.41, 5.74) is 0.0595. The van der Waals surface area contributed by atoms with Gasteiger partial charge in [-0.15, -0.1) is 0 Å². The van der Waals surface area contributed by atoms with Crippen LogP contribution in [-0.4, -0.2) is 32.3 Å². The molecule has 0 fully saturated rings. The van der Waals surface area contributed by atoms with E-state index in [1.807, 2.05) is 0 Å². The highest BCUT2D eigenvalue weighted by molar-refractivity contribution is 6.31. The summed E-state index contributed by atoms with van der Waals surface area (Å²) in [5.74, 6) is -0.701. The van der Waals surface area contributed by atoms with Crippen molar-refractivity contribution in [3.8, 4) is 0 Å². The van der Waals surface area contributed by atoms with Crippen LogP contribution < -0.4 is 10.6 Å². The Hall–Kier alpha value is -2.61. The van der Waals surface area contributed by atoms with Crippen molar-refractivity contribution in [1.29, 1.82) is 0 Å². The number of nitrogens with zero attached hydrogens (tertiary/aromatic N) is 2. The molecule has 1 aromatic carbocycles. The summed E-state index contributed by atoms with van der Waals surface area (Å²) < 4.78 is 0. The Morgan fingerprint density at radius 1 is 1.40 bits per heavy atom. The Bertz CT molecular complexity index is 629. The number of aromatic amines is 1. The zero-order chi connectivity index (χ0) is 14.5. The fraction of sp³-hybridized carbons (Fsp3) is 0.0909. The van der Waals surface area contributed by atoms with Crippen molar-refractivity contribution < 1.29 is 14.7 Å². The van der Waals surface area contributed by atoms with Crippen molar-refractivity contribution in [3.05, 3.63) is 40.9 Å². The molecule has 8 nitrogen and oxygen atoms in total. The topological polar surface area (TPSA) is 120 Å². The number of carboxylic acid groups (broad SMARTS) is 1. The summed E-state index contributed by atoms with van der Waals surface area (Å²) in [6.07, 6.45) is 1.32. The SMILES string of the molecule is O=C(NCc1ncn[nH]1)Nc1ccc(Cl)cc1C(=O)O. The number of benzene rings is 1. The number of carbonyl (C=O) groups is 2. The number of carboxylic acids is 1. The molecule has 0 bridgehead atoms. The van der Waals surface area contributed by atoms with Gasteiger partial charge in [0.25, 0.3) is 0 Å². The normalized spacial score (nSPS) is 10.1. The van der Waals surface area contributed by atoms with E-state index in [-0.39, 0.29) is 22.8 Å². The first-order valence-corrected chi connectivity index (χ1v) is 5.86. The van der Waals surface area contributed by atoms with Crippen LogP contribution in [0.5, 0.6) is 0 Å². The lowest BCUT2D eigenvalue weighted by Crippen LogP contribution is -2.29. The molecule has 0 saturated heterocycles. The molecule has 0 aliphatic rings. The van der Waals surface area contributed by atoms with Gasteiger partial charge in [-0.05, 0) is 18.2 Å². The maximum atomic E-state index is 11.7. The number of nitrogens with one attached hydrogen (secondary N) is 3. The Balaban J connectivity index is 2.02. The summed E-state index contributed by atoms with van der Waals surface area (Å²) in [7, 11) is 0. The van der Waals surface area contributed by atoms with E-state index >= 15 is 0 Å². The number of hydrogen-bond donors (Lipinski definition) is 4. The van der Waals surface area contributed by atoms with Crippen molar-refractivity contribution in [2.24, 2.45) is 0 Å². The van der Waals surface area contributed by atoms with E-state index in [4.69, 9.17) is 16.7 Å². The van der Waals surface area contributed by atoms with Crippen molar-refractivity contribution in [3.63, 3.8) is 0 Å². The number of aromatic carboxylic acids is 1. The molecular formula is C11H10ClN5O3. The smallest absolute Gasteiger partial charge is 0.337 e. The fourth-order valence-electron chi connectivity index (χ4n) is 1.45. The largest absolute Gasteiger partial charge is 0.478 e. The first-order chi connectivity index (χ1) is 9.56. The zero-order valence-electron chi connectivity index (χ0n) is 10.1. The lowest BCUT2D eigenvalue weighted by molar-refractivity contribution is 0.0698. The monoisotopic (exact) mass is 295 g/mol. The molecule has 2 aromatic rings. The highest BCUT2D eigenvalue weighted by atomic mass is 35.5. The molecule has 104 valence electrons. The minimum absolute atomic E-state index is 0.0904. The molecular weight excluding hydrogens is 286 g/mol. The van der Waals surface area contributed by atoms with Crippen molar-refractivity contribution in [2.45, 2.75) is 6.54 Å². The average molecular weight is 296 g/mol. The number of amides is 2. The molecule has 1 heterocycles. The Morgan fingerprint density at radius 3 is 2.85 bits per heavy atom. The van der Waals surface area contributed by atoms with Gasteiger partial charge in [0.2, 0.25) is 0 Å². The van der Waals surface area contributed by atoms with Crippen LogP contribution in [0, 0.1) is 0 Å². The van der Waals surface area contributed by atoms with Crippen LogP contribution >= 0.6 is 11.6 Å². The summed E-state index contributed by atoms with van der Waals surface area (Å²) in [6.45, 7) is 0.141. The molecule has 2 amide bonds. The second-order valence-corrected chi connectivity index (χ2v) is 4.17. The number of halogens is 1. The summed E-state index contributed by atoms with van der Waals surface area (Å²) in [6, 6.07) is 3.60. The fourth-order valence-corrected chi connectivity index (χ4v) is 1.62. The van der Waals surface area contributed by atoms with Crippen LogP contribution in [0.25, 0.3) is 0 Å². The molecule has 0 spiro atoms. The number of anilines is 1. The minimum Gasteiger partial charge on any atom is -0.478 e. The molecule has 0 unspecified atom stereocenters. The standard InChI is InChI=1S/C11H10ClN5O3/c12-6-1-2-8(7(3-6)10(18)19)16-11(20)13-4-9-14-5-15-17-9/h1-3,5H,4H2,(H,18,19)(H2,13,16,20)(H,14,15,17). The zero-order valence-corrected chi connectivity index (χ0v) is 10.8. The number of hydrogen-bond acceptors (Lipinski definition) is 4. The predicted molar refractivity (Wildman–Crippen MR) is 70.7 cm³/mol. The highest BCUT2D eigenvalue weighted by Gasteiger charge is 2.13. The maximum absolute atomic E-state index is 11.7. The Kier molecular flexibility index (Phi) is 4.16. The number of H-pyrrole nitrogens is 1. The molecule has 0 radical (unpaired) electrons. The molecule has 0 atom stereocenters. The van der Waals surface area contributed by atoms with E-state index < -0.39 is 12.0 Å². The first-order valence-electron chi connectivity index (χ1n) is 5.48. The van der Waals surface area contributed by atoms with Gasteiger partial charge in [0, 0.05) is 5.02 Å². The lowest BCUT2D eigenvalue weighted by Gasteiger charge is -2.09. The minimum atomic E-state index is -1.18. The molecule has 1 aromatic heterocycles. The molecule has 2 rings (SSSR count). The molecule has 9 heteroatoms. The van der Waals surface area contributed by atoms with E-state index in [0.717, 1.165) is 0 Å². The lowest BCUT2D eigenvalue weighted by atomic mass is 10.2. The van der Waals surface area contributed by atoms with Crippen molar-refractivity contribution in [1.82, 2.24) is 20.5 Å². The van der Waals surface area contributed by atoms with Crippen LogP contribution in [-0.2, 0) is 6.54 Å². The van der Waals surface area contributed by atoms with Gasteiger partial charge in [-0.2, -0.15) is 5.10 Å². The third kappa shape index (κ3) is 3.45. The summed E-state index contributed by atoms with van der Waals surface area (Å²) in [5, 5.41) is 20.4. The van der Waals surface area contributed by atoms with Crippen molar-refractivity contribution >= 4 is 29.3 Å². The van der Waals surface area contributed by atoms with Gasteiger partial charge >= 0.3 is 12.0 Å². The average Bonchev–Trinajstić information content (AvgIpc) is 2.91. The Morgan fingerprint density at radius 2 is 2.20 bits per heavy atom. The van der Waals surface area contributed by atoms with E-state index in [0.29, 0.717) is 5.82 Å². The number of carbonyl (C=O) groups excluding carboxylic acids is 1. The number of urea groups is 1. The third-order valence-electron chi connectivity index (χ3n) is 2.34. The van der Waals surface area contributed by atoms with Crippen LogP contribution in [0.3, 0.4) is 0 Å². The van der Waals surface area contributed by atoms with Crippen molar-refractivity contribution in [2.75, 3.05) is 5.32 Å². The number of aromatic nitrogens is 3. The second kappa shape index (κ2) is 6.02. The van der Waals surface area contributed by atoms with Gasteiger partial charge in [0.05, 0.1) is 17.8 Å².